The zero-order valence-electron chi connectivity index (χ0n) is 16.2. The predicted molar refractivity (Wildman–Crippen MR) is 115 cm³/mol. The normalized spacial score (nSPS) is 34.4. The highest BCUT2D eigenvalue weighted by atomic mass is 32.2. The second kappa shape index (κ2) is 7.71. The summed E-state index contributed by atoms with van der Waals surface area (Å²) in [5.41, 5.74) is 1.62. The van der Waals surface area contributed by atoms with Gasteiger partial charge in [-0.3, -0.25) is 4.79 Å². The second-order valence-corrected chi connectivity index (χ2v) is 12.0. The maximum absolute atomic E-state index is 13.0. The van der Waals surface area contributed by atoms with E-state index < -0.39 is 0 Å². The molecule has 1 aromatic rings. The van der Waals surface area contributed by atoms with E-state index in [4.69, 9.17) is 4.74 Å². The van der Waals surface area contributed by atoms with Crippen LogP contribution in [-0.2, 0) is 9.53 Å². The fraction of sp³-hybridized carbons (Fsp3) is 0.652. The molecular formula is C23H28O3S2. The molecule has 4 aliphatic carbocycles. The van der Waals surface area contributed by atoms with Crippen molar-refractivity contribution in [3.8, 4) is 0 Å². The second-order valence-electron chi connectivity index (χ2n) is 9.25. The summed E-state index contributed by atoms with van der Waals surface area (Å²) in [4.78, 5) is 25.5. The Morgan fingerprint density at radius 1 is 0.929 bits per heavy atom. The van der Waals surface area contributed by atoms with Crippen LogP contribution in [0, 0.1) is 23.2 Å². The Morgan fingerprint density at radius 3 is 2.07 bits per heavy atom. The summed E-state index contributed by atoms with van der Waals surface area (Å²) in [5.74, 6) is 4.40. The minimum Gasteiger partial charge on any atom is -0.454 e. The van der Waals surface area contributed by atoms with Crippen molar-refractivity contribution in [3.05, 3.63) is 35.4 Å². The number of Topliss-reactive ketones (excluding diaryl/α,β-unsaturated/α-hetero) is 1. The fourth-order valence-electron chi connectivity index (χ4n) is 6.28. The summed E-state index contributed by atoms with van der Waals surface area (Å²) >= 11 is 3.95. The molecule has 6 rings (SSSR count). The van der Waals surface area contributed by atoms with Gasteiger partial charge in [0.25, 0.3) is 0 Å². The van der Waals surface area contributed by atoms with E-state index in [-0.39, 0.29) is 23.8 Å². The highest BCUT2D eigenvalue weighted by Gasteiger charge is 2.54. The van der Waals surface area contributed by atoms with Crippen molar-refractivity contribution in [2.24, 2.45) is 23.2 Å². The Hall–Kier alpha value is -0.940. The number of ether oxygens (including phenoxy) is 1. The number of hydrogen-bond donors (Lipinski definition) is 0. The van der Waals surface area contributed by atoms with Crippen LogP contribution in [-0.4, -0.2) is 29.9 Å². The van der Waals surface area contributed by atoms with Crippen LogP contribution in [0.4, 0.5) is 0 Å². The Bertz CT molecular complexity index is 716. The van der Waals surface area contributed by atoms with E-state index in [9.17, 15) is 9.59 Å². The van der Waals surface area contributed by atoms with Crippen LogP contribution < -0.4 is 0 Å². The van der Waals surface area contributed by atoms with Gasteiger partial charge in [0.2, 0.25) is 0 Å². The third kappa shape index (κ3) is 3.65. The van der Waals surface area contributed by atoms with Crippen LogP contribution in [0.25, 0.3) is 0 Å². The van der Waals surface area contributed by atoms with Crippen LogP contribution in [0.15, 0.2) is 24.3 Å². The van der Waals surface area contributed by atoms with E-state index in [1.807, 2.05) is 47.8 Å². The van der Waals surface area contributed by atoms with Crippen molar-refractivity contribution in [1.82, 2.24) is 0 Å². The van der Waals surface area contributed by atoms with E-state index >= 15 is 0 Å². The number of benzene rings is 1. The molecule has 1 heterocycles. The Labute approximate surface area is 175 Å². The lowest BCUT2D eigenvalue weighted by Gasteiger charge is -2.55. The molecule has 0 amide bonds. The molecule has 1 aliphatic heterocycles. The molecule has 5 fully saturated rings. The first-order chi connectivity index (χ1) is 13.6. The van der Waals surface area contributed by atoms with Crippen LogP contribution in [0.2, 0.25) is 0 Å². The highest BCUT2D eigenvalue weighted by molar-refractivity contribution is 8.16. The van der Waals surface area contributed by atoms with Gasteiger partial charge in [-0.05, 0) is 91.9 Å². The van der Waals surface area contributed by atoms with Gasteiger partial charge in [0.1, 0.15) is 0 Å². The number of rotatable bonds is 5. The summed E-state index contributed by atoms with van der Waals surface area (Å²) < 4.78 is 5.93. The van der Waals surface area contributed by atoms with Gasteiger partial charge in [-0.2, -0.15) is 0 Å². The molecule has 0 unspecified atom stereocenters. The Morgan fingerprint density at radius 2 is 1.50 bits per heavy atom. The van der Waals surface area contributed by atoms with Crippen molar-refractivity contribution in [2.75, 3.05) is 18.1 Å². The minimum absolute atomic E-state index is 0.0545. The first-order valence-corrected chi connectivity index (χ1v) is 12.7. The largest absolute Gasteiger partial charge is 0.454 e. The minimum atomic E-state index is -0.367. The molecule has 5 aliphatic rings. The van der Waals surface area contributed by atoms with Crippen molar-refractivity contribution < 1.29 is 14.3 Å². The van der Waals surface area contributed by atoms with E-state index in [0.29, 0.717) is 10.1 Å². The van der Waals surface area contributed by atoms with E-state index in [2.05, 4.69) is 0 Å². The van der Waals surface area contributed by atoms with Crippen LogP contribution in [0.1, 0.15) is 65.4 Å². The number of carbonyl (C=O) groups is 2. The lowest BCUT2D eigenvalue weighted by atomic mass is 9.48. The number of hydrogen-bond acceptors (Lipinski definition) is 5. The smallest absolute Gasteiger partial charge is 0.338 e. The fourth-order valence-corrected chi connectivity index (χ4v) is 9.17. The van der Waals surface area contributed by atoms with Crippen molar-refractivity contribution in [1.29, 1.82) is 0 Å². The first kappa shape index (κ1) is 19.0. The lowest BCUT2D eigenvalue weighted by Crippen LogP contribution is -2.51. The van der Waals surface area contributed by atoms with Gasteiger partial charge in [0.15, 0.2) is 12.4 Å². The molecule has 0 radical (unpaired) electrons. The average Bonchev–Trinajstić information content (AvgIpc) is 2.71. The maximum Gasteiger partial charge on any atom is 0.338 e. The molecule has 4 saturated carbocycles. The lowest BCUT2D eigenvalue weighted by molar-refractivity contribution is -0.147. The molecule has 3 nitrogen and oxygen atoms in total. The molecule has 5 heteroatoms. The summed E-state index contributed by atoms with van der Waals surface area (Å²) in [7, 11) is 0. The third-order valence-corrected chi connectivity index (χ3v) is 10.2. The third-order valence-electron chi connectivity index (χ3n) is 7.21. The molecule has 1 saturated heterocycles. The molecule has 4 bridgehead atoms. The summed E-state index contributed by atoms with van der Waals surface area (Å²) in [6.45, 7) is -0.0545. The number of carbonyl (C=O) groups excluding carboxylic acids is 2. The van der Waals surface area contributed by atoms with Gasteiger partial charge >= 0.3 is 5.97 Å². The van der Waals surface area contributed by atoms with Crippen molar-refractivity contribution in [3.63, 3.8) is 0 Å². The molecule has 0 N–H and O–H groups in total. The summed E-state index contributed by atoms with van der Waals surface area (Å²) in [6.07, 6.45) is 8.30. The van der Waals surface area contributed by atoms with Gasteiger partial charge in [0.05, 0.1) is 10.1 Å². The standard InChI is InChI=1S/C23H28O3S2/c24-20(23-11-15-8-16(12-23)10-17(9-15)13-23)14-26-21(25)18-2-4-19(5-3-18)22-27-6-1-7-28-22/h2-5,15-17,22H,1,6-14H2. The molecule has 0 aromatic heterocycles. The SMILES string of the molecule is O=C(OCC(=O)C12CC3CC(CC(C3)C1)C2)c1ccc(C2SCCCS2)cc1. The van der Waals surface area contributed by atoms with Gasteiger partial charge in [-0.15, -0.1) is 23.5 Å². The monoisotopic (exact) mass is 416 g/mol. The predicted octanol–water partition coefficient (Wildman–Crippen LogP) is 5.50. The summed E-state index contributed by atoms with van der Waals surface area (Å²) in [6, 6.07) is 7.77. The number of ketones is 1. The average molecular weight is 417 g/mol. The molecule has 0 atom stereocenters. The summed E-state index contributed by atoms with van der Waals surface area (Å²) in [5, 5.41) is 0. The van der Waals surface area contributed by atoms with E-state index in [0.717, 1.165) is 37.0 Å². The van der Waals surface area contributed by atoms with Crippen molar-refractivity contribution >= 4 is 35.3 Å². The quantitative estimate of drug-likeness (QED) is 0.593. The number of thioether (sulfide) groups is 2. The molecule has 0 spiro atoms. The maximum atomic E-state index is 13.0. The van der Waals surface area contributed by atoms with E-state index in [1.165, 1.54) is 42.8 Å². The van der Waals surface area contributed by atoms with Crippen LogP contribution >= 0.6 is 23.5 Å². The molecular weight excluding hydrogens is 388 g/mol. The molecule has 28 heavy (non-hydrogen) atoms. The highest BCUT2D eigenvalue weighted by Crippen LogP contribution is 2.60. The zero-order chi connectivity index (χ0) is 19.1. The van der Waals surface area contributed by atoms with E-state index in [1.54, 1.807) is 0 Å². The van der Waals surface area contributed by atoms with Crippen molar-refractivity contribution in [2.45, 2.75) is 49.5 Å². The molecule has 1 aromatic carbocycles. The van der Waals surface area contributed by atoms with Gasteiger partial charge < -0.3 is 4.74 Å². The van der Waals surface area contributed by atoms with Crippen LogP contribution in [0.3, 0.4) is 0 Å². The number of esters is 1. The zero-order valence-corrected chi connectivity index (χ0v) is 17.9. The Kier molecular flexibility index (Phi) is 5.25. The van der Waals surface area contributed by atoms with Crippen LogP contribution in [0.5, 0.6) is 0 Å². The van der Waals surface area contributed by atoms with Gasteiger partial charge in [0, 0.05) is 5.41 Å². The van der Waals surface area contributed by atoms with Gasteiger partial charge in [-0.25, -0.2) is 4.79 Å². The molecule has 150 valence electrons. The first-order valence-electron chi connectivity index (χ1n) is 10.6. The Balaban J connectivity index is 1.19. The van der Waals surface area contributed by atoms with Gasteiger partial charge in [-0.1, -0.05) is 12.1 Å². The topological polar surface area (TPSA) is 43.4 Å².